The number of methoxy groups -OCH3 is 1. The largest absolute Gasteiger partial charge is 0.383 e. The average molecular weight is 335 g/mol. The highest BCUT2D eigenvalue weighted by molar-refractivity contribution is 7.91. The Bertz CT molecular complexity index is 644. The van der Waals surface area contributed by atoms with Crippen LogP contribution in [0.15, 0.2) is 34.1 Å². The maximum absolute atomic E-state index is 12.3. The Morgan fingerprint density at radius 3 is 2.05 bits per heavy atom. The van der Waals surface area contributed by atoms with Crippen LogP contribution in [0.5, 0.6) is 0 Å². The van der Waals surface area contributed by atoms with Gasteiger partial charge < -0.3 is 10.1 Å². The number of ether oxygens (including phenoxy) is 1. The number of likely N-dealkylation sites (N-methyl/N-ethyl adjacent to an activating group) is 1. The average Bonchev–Trinajstić information content (AvgIpc) is 2.38. The summed E-state index contributed by atoms with van der Waals surface area (Å²) in [5, 5.41) is 3.04. The zero-order valence-electron chi connectivity index (χ0n) is 12.4. The van der Waals surface area contributed by atoms with E-state index < -0.39 is 19.7 Å². The fourth-order valence-corrected chi connectivity index (χ4v) is 4.03. The van der Waals surface area contributed by atoms with Crippen molar-refractivity contribution in [1.82, 2.24) is 5.32 Å². The first-order valence-electron chi connectivity index (χ1n) is 6.46. The van der Waals surface area contributed by atoms with Crippen molar-refractivity contribution in [3.05, 3.63) is 24.3 Å². The molecule has 0 aliphatic heterocycles. The maximum atomic E-state index is 12.3. The Balaban J connectivity index is 2.97. The highest BCUT2D eigenvalue weighted by Gasteiger charge is 2.21. The SMILES string of the molecule is CCNC(COC)CS(=O)(=O)c1ccc(S(C)(=O)=O)cc1. The molecule has 0 saturated carbocycles. The zero-order valence-corrected chi connectivity index (χ0v) is 14.0. The Labute approximate surface area is 126 Å². The molecule has 6 nitrogen and oxygen atoms in total. The highest BCUT2D eigenvalue weighted by Crippen LogP contribution is 2.16. The third-order valence-electron chi connectivity index (χ3n) is 2.89. The Kier molecular flexibility index (Phi) is 6.33. The molecule has 1 atom stereocenters. The van der Waals surface area contributed by atoms with E-state index in [0.717, 1.165) is 6.26 Å². The van der Waals surface area contributed by atoms with Gasteiger partial charge in [-0.1, -0.05) is 6.92 Å². The van der Waals surface area contributed by atoms with E-state index in [9.17, 15) is 16.8 Å². The van der Waals surface area contributed by atoms with Gasteiger partial charge in [-0.05, 0) is 30.8 Å². The Hall–Kier alpha value is -0.960. The Morgan fingerprint density at radius 1 is 1.10 bits per heavy atom. The number of hydrogen-bond acceptors (Lipinski definition) is 6. The predicted molar refractivity (Wildman–Crippen MR) is 80.9 cm³/mol. The van der Waals surface area contributed by atoms with Gasteiger partial charge in [0.2, 0.25) is 0 Å². The molecule has 0 fully saturated rings. The molecule has 1 unspecified atom stereocenters. The fraction of sp³-hybridized carbons (Fsp3) is 0.538. The smallest absolute Gasteiger partial charge is 0.179 e. The monoisotopic (exact) mass is 335 g/mol. The number of hydrogen-bond donors (Lipinski definition) is 1. The first kappa shape index (κ1) is 18.1. The van der Waals surface area contributed by atoms with E-state index >= 15 is 0 Å². The van der Waals surface area contributed by atoms with E-state index in [1.807, 2.05) is 6.92 Å². The first-order valence-corrected chi connectivity index (χ1v) is 10.00. The van der Waals surface area contributed by atoms with Gasteiger partial charge in [0, 0.05) is 19.4 Å². The van der Waals surface area contributed by atoms with Gasteiger partial charge in [-0.25, -0.2) is 16.8 Å². The lowest BCUT2D eigenvalue weighted by Crippen LogP contribution is -2.39. The van der Waals surface area contributed by atoms with Gasteiger partial charge in [0.05, 0.1) is 22.2 Å². The summed E-state index contributed by atoms with van der Waals surface area (Å²) < 4.78 is 52.3. The summed E-state index contributed by atoms with van der Waals surface area (Å²) in [6.07, 6.45) is 1.08. The third kappa shape index (κ3) is 5.39. The van der Waals surface area contributed by atoms with Crippen LogP contribution in [0.1, 0.15) is 6.92 Å². The molecule has 1 rings (SSSR count). The van der Waals surface area contributed by atoms with Gasteiger partial charge in [0.15, 0.2) is 19.7 Å². The van der Waals surface area contributed by atoms with Crippen LogP contribution in [0.3, 0.4) is 0 Å². The highest BCUT2D eigenvalue weighted by atomic mass is 32.2. The van der Waals surface area contributed by atoms with Crippen LogP contribution >= 0.6 is 0 Å². The fourth-order valence-electron chi connectivity index (χ4n) is 1.91. The molecular formula is C13H21NO5S2. The van der Waals surface area contributed by atoms with Gasteiger partial charge in [-0.2, -0.15) is 0 Å². The van der Waals surface area contributed by atoms with E-state index in [-0.39, 0.29) is 28.2 Å². The molecule has 0 aromatic heterocycles. The third-order valence-corrected chi connectivity index (χ3v) is 5.85. The van der Waals surface area contributed by atoms with Gasteiger partial charge in [-0.3, -0.25) is 0 Å². The molecule has 0 aliphatic carbocycles. The lowest BCUT2D eigenvalue weighted by molar-refractivity contribution is 0.174. The Morgan fingerprint density at radius 2 is 1.62 bits per heavy atom. The van der Waals surface area contributed by atoms with Crippen molar-refractivity contribution in [3.63, 3.8) is 0 Å². The van der Waals surface area contributed by atoms with E-state index in [1.165, 1.54) is 31.4 Å². The number of rotatable bonds is 8. The van der Waals surface area contributed by atoms with Gasteiger partial charge in [0.25, 0.3) is 0 Å². The van der Waals surface area contributed by atoms with Crippen LogP contribution < -0.4 is 5.32 Å². The molecule has 1 N–H and O–H groups in total. The standard InChI is InChI=1S/C13H21NO5S2/c1-4-14-11(9-19-2)10-21(17,18)13-7-5-12(6-8-13)20(3,15)16/h5-8,11,14H,4,9-10H2,1-3H3. The lowest BCUT2D eigenvalue weighted by Gasteiger charge is -2.17. The number of benzene rings is 1. The molecule has 120 valence electrons. The van der Waals surface area contributed by atoms with Crippen molar-refractivity contribution < 1.29 is 21.6 Å². The summed E-state index contributed by atoms with van der Waals surface area (Å²) in [5.74, 6) is -0.104. The van der Waals surface area contributed by atoms with Crippen LogP contribution in [0.4, 0.5) is 0 Å². The molecule has 0 heterocycles. The second kappa shape index (κ2) is 7.35. The van der Waals surface area contributed by atoms with Crippen molar-refractivity contribution in [2.75, 3.05) is 32.3 Å². The molecular weight excluding hydrogens is 314 g/mol. The molecule has 1 aromatic carbocycles. The van der Waals surface area contributed by atoms with Gasteiger partial charge >= 0.3 is 0 Å². The van der Waals surface area contributed by atoms with Crippen LogP contribution in [0, 0.1) is 0 Å². The second-order valence-electron chi connectivity index (χ2n) is 4.73. The van der Waals surface area contributed by atoms with E-state index in [2.05, 4.69) is 5.32 Å². The molecule has 1 aromatic rings. The quantitative estimate of drug-likeness (QED) is 0.743. The molecule has 8 heteroatoms. The topological polar surface area (TPSA) is 89.5 Å². The number of nitrogens with one attached hydrogen (secondary N) is 1. The normalized spacial score (nSPS) is 14.0. The predicted octanol–water partition coefficient (Wildman–Crippen LogP) is 0.488. The molecule has 0 spiro atoms. The van der Waals surface area contributed by atoms with Crippen molar-refractivity contribution >= 4 is 19.7 Å². The van der Waals surface area contributed by atoms with Crippen LogP contribution in [-0.4, -0.2) is 55.1 Å². The lowest BCUT2D eigenvalue weighted by atomic mass is 10.3. The van der Waals surface area contributed by atoms with Crippen LogP contribution in [0.2, 0.25) is 0 Å². The van der Waals surface area contributed by atoms with Crippen molar-refractivity contribution in [1.29, 1.82) is 0 Å². The molecule has 0 radical (unpaired) electrons. The van der Waals surface area contributed by atoms with E-state index in [1.54, 1.807) is 0 Å². The van der Waals surface area contributed by atoms with Crippen molar-refractivity contribution in [2.24, 2.45) is 0 Å². The molecule has 21 heavy (non-hydrogen) atoms. The summed E-state index contributed by atoms with van der Waals surface area (Å²) in [7, 11) is -5.32. The van der Waals surface area contributed by atoms with Crippen molar-refractivity contribution in [2.45, 2.75) is 22.8 Å². The maximum Gasteiger partial charge on any atom is 0.179 e. The van der Waals surface area contributed by atoms with Gasteiger partial charge in [-0.15, -0.1) is 0 Å². The summed E-state index contributed by atoms with van der Waals surface area (Å²) in [6.45, 7) is 2.81. The summed E-state index contributed by atoms with van der Waals surface area (Å²) >= 11 is 0. The minimum absolute atomic E-state index is 0.0987. The first-order chi connectivity index (χ1) is 9.70. The summed E-state index contributed by atoms with van der Waals surface area (Å²) in [6, 6.07) is 4.95. The minimum atomic E-state index is -3.50. The van der Waals surface area contributed by atoms with Crippen LogP contribution in [-0.2, 0) is 24.4 Å². The van der Waals surface area contributed by atoms with E-state index in [4.69, 9.17) is 4.74 Å². The summed E-state index contributed by atoms with van der Waals surface area (Å²) in [5.41, 5.74) is 0. The molecule has 0 saturated heterocycles. The minimum Gasteiger partial charge on any atom is -0.383 e. The second-order valence-corrected chi connectivity index (χ2v) is 8.78. The molecule has 0 aliphatic rings. The van der Waals surface area contributed by atoms with E-state index in [0.29, 0.717) is 6.54 Å². The zero-order chi connectivity index (χ0) is 16.1. The molecule has 0 amide bonds. The summed E-state index contributed by atoms with van der Waals surface area (Å²) in [4.78, 5) is 0.204. The van der Waals surface area contributed by atoms with Crippen LogP contribution in [0.25, 0.3) is 0 Å². The molecule has 0 bridgehead atoms. The van der Waals surface area contributed by atoms with Crippen molar-refractivity contribution in [3.8, 4) is 0 Å². The number of sulfone groups is 2. The van der Waals surface area contributed by atoms with Gasteiger partial charge in [0.1, 0.15) is 0 Å².